The Balaban J connectivity index is 2.13. The van der Waals surface area contributed by atoms with Crippen molar-refractivity contribution in [3.05, 3.63) is 11.8 Å². The zero-order chi connectivity index (χ0) is 10.1. The van der Waals surface area contributed by atoms with E-state index in [-0.39, 0.29) is 0 Å². The first-order valence-corrected chi connectivity index (χ1v) is 4.72. The van der Waals surface area contributed by atoms with Crippen LogP contribution in [0.2, 0.25) is 0 Å². The van der Waals surface area contributed by atoms with Crippen LogP contribution in [0.15, 0.2) is 6.20 Å². The largest absolute Gasteiger partial charge is 0.368 e. The molecule has 0 bridgehead atoms. The molecule has 2 rings (SSSR count). The van der Waals surface area contributed by atoms with Gasteiger partial charge in [-0.25, -0.2) is 4.98 Å². The lowest BCUT2D eigenvalue weighted by Crippen LogP contribution is -2.57. The van der Waals surface area contributed by atoms with E-state index in [4.69, 9.17) is 5.73 Å². The molecule has 1 fully saturated rings. The van der Waals surface area contributed by atoms with E-state index >= 15 is 0 Å². The highest BCUT2D eigenvalue weighted by Crippen LogP contribution is 2.22. The number of hydrogen-bond acceptors (Lipinski definition) is 5. The molecule has 0 saturated carbocycles. The quantitative estimate of drug-likeness (QED) is 0.679. The van der Waals surface area contributed by atoms with Crippen LogP contribution in [0.1, 0.15) is 5.56 Å². The molecule has 0 unspecified atom stereocenters. The van der Waals surface area contributed by atoms with Crippen molar-refractivity contribution in [2.45, 2.75) is 13.0 Å². The fraction of sp³-hybridized carbons (Fsp3) is 0.556. The number of aromatic nitrogens is 2. The van der Waals surface area contributed by atoms with Crippen LogP contribution in [0.4, 0.5) is 11.8 Å². The van der Waals surface area contributed by atoms with E-state index in [0.717, 1.165) is 24.5 Å². The fourth-order valence-electron chi connectivity index (χ4n) is 1.60. The third kappa shape index (κ3) is 1.50. The van der Waals surface area contributed by atoms with E-state index in [1.165, 1.54) is 0 Å². The van der Waals surface area contributed by atoms with Gasteiger partial charge in [0.2, 0.25) is 5.95 Å². The van der Waals surface area contributed by atoms with E-state index in [2.05, 4.69) is 20.2 Å². The van der Waals surface area contributed by atoms with E-state index in [1.807, 2.05) is 14.0 Å². The number of anilines is 2. The molecule has 5 heteroatoms. The van der Waals surface area contributed by atoms with Gasteiger partial charge in [-0.3, -0.25) is 0 Å². The molecule has 5 nitrogen and oxygen atoms in total. The second-order valence-corrected chi connectivity index (χ2v) is 3.63. The van der Waals surface area contributed by atoms with Crippen molar-refractivity contribution in [3.8, 4) is 0 Å². The van der Waals surface area contributed by atoms with Crippen LogP contribution in [0.25, 0.3) is 0 Å². The van der Waals surface area contributed by atoms with Gasteiger partial charge in [0.05, 0.1) is 0 Å². The van der Waals surface area contributed by atoms with E-state index < -0.39 is 0 Å². The van der Waals surface area contributed by atoms with Crippen LogP contribution in [0, 0.1) is 6.92 Å². The number of aryl methyl sites for hydroxylation is 1. The van der Waals surface area contributed by atoms with Crippen molar-refractivity contribution in [1.82, 2.24) is 15.3 Å². The molecular weight excluding hydrogens is 178 g/mol. The monoisotopic (exact) mass is 193 g/mol. The molecule has 0 amide bonds. The maximum Gasteiger partial charge on any atom is 0.221 e. The Morgan fingerprint density at radius 1 is 1.57 bits per heavy atom. The summed E-state index contributed by atoms with van der Waals surface area (Å²) < 4.78 is 0. The van der Waals surface area contributed by atoms with Crippen LogP contribution in [0.5, 0.6) is 0 Å². The number of nitrogens with two attached hydrogens (primary N) is 1. The van der Waals surface area contributed by atoms with Gasteiger partial charge in [-0.05, 0) is 14.0 Å². The van der Waals surface area contributed by atoms with Crippen LogP contribution in [0.3, 0.4) is 0 Å². The van der Waals surface area contributed by atoms with E-state index in [1.54, 1.807) is 6.20 Å². The number of hydrogen-bond donors (Lipinski definition) is 2. The molecule has 1 aromatic rings. The zero-order valence-electron chi connectivity index (χ0n) is 8.49. The van der Waals surface area contributed by atoms with Crippen LogP contribution >= 0.6 is 0 Å². The Labute approximate surface area is 83.3 Å². The Hall–Kier alpha value is -1.36. The maximum atomic E-state index is 5.55. The molecule has 0 atom stereocenters. The highest BCUT2D eigenvalue weighted by Gasteiger charge is 2.27. The van der Waals surface area contributed by atoms with Gasteiger partial charge in [0.1, 0.15) is 5.82 Å². The molecule has 0 spiro atoms. The molecule has 0 aliphatic carbocycles. The lowest BCUT2D eigenvalue weighted by Gasteiger charge is -2.40. The normalized spacial score (nSPS) is 16.9. The van der Waals surface area contributed by atoms with Gasteiger partial charge in [0.25, 0.3) is 0 Å². The summed E-state index contributed by atoms with van der Waals surface area (Å²) in [5, 5.41) is 3.22. The van der Waals surface area contributed by atoms with Crippen LogP contribution in [-0.2, 0) is 0 Å². The van der Waals surface area contributed by atoms with Crippen molar-refractivity contribution < 1.29 is 0 Å². The van der Waals surface area contributed by atoms with Gasteiger partial charge in [-0.15, -0.1) is 0 Å². The molecule has 1 aliphatic rings. The molecule has 14 heavy (non-hydrogen) atoms. The predicted octanol–water partition coefficient (Wildman–Crippen LogP) is -0.225. The molecule has 0 radical (unpaired) electrons. The number of likely N-dealkylation sites (N-methyl/N-ethyl adjacent to an activating group) is 1. The van der Waals surface area contributed by atoms with Crippen molar-refractivity contribution in [1.29, 1.82) is 0 Å². The summed E-state index contributed by atoms with van der Waals surface area (Å²) in [4.78, 5) is 10.4. The second-order valence-electron chi connectivity index (χ2n) is 3.63. The molecule has 3 N–H and O–H groups in total. The summed E-state index contributed by atoms with van der Waals surface area (Å²) in [7, 11) is 1.98. The third-order valence-corrected chi connectivity index (χ3v) is 2.55. The lowest BCUT2D eigenvalue weighted by molar-refractivity contribution is 0.446. The summed E-state index contributed by atoms with van der Waals surface area (Å²) in [6.07, 6.45) is 1.77. The molecular formula is C9H15N5. The summed E-state index contributed by atoms with van der Waals surface area (Å²) in [5.41, 5.74) is 6.62. The summed E-state index contributed by atoms with van der Waals surface area (Å²) in [6, 6.07) is 0.575. The van der Waals surface area contributed by atoms with Gasteiger partial charge in [-0.1, -0.05) is 0 Å². The predicted molar refractivity (Wildman–Crippen MR) is 56.2 cm³/mol. The average Bonchev–Trinajstić information content (AvgIpc) is 2.09. The number of nitrogens with one attached hydrogen (secondary N) is 1. The molecule has 1 aliphatic heterocycles. The number of nitrogens with zero attached hydrogens (tertiary/aromatic N) is 3. The Kier molecular flexibility index (Phi) is 2.25. The first kappa shape index (κ1) is 9.21. The topological polar surface area (TPSA) is 67.1 Å². The SMILES string of the molecule is CNC1CN(c2nc(N)ncc2C)C1. The molecule has 0 aromatic carbocycles. The van der Waals surface area contributed by atoms with Crippen molar-refractivity contribution in [2.24, 2.45) is 0 Å². The Morgan fingerprint density at radius 2 is 2.29 bits per heavy atom. The Bertz CT molecular complexity index is 332. The van der Waals surface area contributed by atoms with Gasteiger partial charge < -0.3 is 16.0 Å². The Morgan fingerprint density at radius 3 is 2.93 bits per heavy atom. The van der Waals surface area contributed by atoms with Crippen LogP contribution in [-0.4, -0.2) is 36.1 Å². The molecule has 2 heterocycles. The lowest BCUT2D eigenvalue weighted by atomic mass is 10.1. The van der Waals surface area contributed by atoms with Crippen molar-refractivity contribution in [3.63, 3.8) is 0 Å². The van der Waals surface area contributed by atoms with E-state index in [0.29, 0.717) is 12.0 Å². The number of rotatable bonds is 2. The smallest absolute Gasteiger partial charge is 0.221 e. The highest BCUT2D eigenvalue weighted by atomic mass is 15.3. The van der Waals surface area contributed by atoms with Gasteiger partial charge in [0.15, 0.2) is 0 Å². The fourth-order valence-corrected chi connectivity index (χ4v) is 1.60. The van der Waals surface area contributed by atoms with Gasteiger partial charge in [0, 0.05) is 30.9 Å². The number of nitrogen functional groups attached to an aromatic ring is 1. The molecule has 76 valence electrons. The summed E-state index contributed by atoms with van der Waals surface area (Å²) in [5.74, 6) is 1.31. The minimum Gasteiger partial charge on any atom is -0.368 e. The highest BCUT2D eigenvalue weighted by molar-refractivity contribution is 5.50. The second kappa shape index (κ2) is 3.42. The maximum absolute atomic E-state index is 5.55. The average molecular weight is 193 g/mol. The molecule has 1 saturated heterocycles. The van der Waals surface area contributed by atoms with Crippen molar-refractivity contribution in [2.75, 3.05) is 30.8 Å². The van der Waals surface area contributed by atoms with E-state index in [9.17, 15) is 0 Å². The van der Waals surface area contributed by atoms with Gasteiger partial charge in [-0.2, -0.15) is 4.98 Å². The first-order valence-electron chi connectivity index (χ1n) is 4.72. The molecule has 1 aromatic heterocycles. The summed E-state index contributed by atoms with van der Waals surface area (Å²) in [6.45, 7) is 3.99. The third-order valence-electron chi connectivity index (χ3n) is 2.55. The standard InChI is InChI=1S/C9H15N5/c1-6-3-12-9(10)13-8(6)14-4-7(5-14)11-2/h3,7,11H,4-5H2,1-2H3,(H2,10,12,13). The summed E-state index contributed by atoms with van der Waals surface area (Å²) >= 11 is 0. The minimum atomic E-state index is 0.346. The zero-order valence-corrected chi connectivity index (χ0v) is 8.49. The first-order chi connectivity index (χ1) is 6.70. The van der Waals surface area contributed by atoms with Crippen molar-refractivity contribution >= 4 is 11.8 Å². The minimum absolute atomic E-state index is 0.346. The van der Waals surface area contributed by atoms with Crippen LogP contribution < -0.4 is 16.0 Å². The van der Waals surface area contributed by atoms with Gasteiger partial charge >= 0.3 is 0 Å².